The fourth-order valence-electron chi connectivity index (χ4n) is 0.814. The molecule has 0 atom stereocenters. The zero-order valence-electron chi connectivity index (χ0n) is 7.93. The first-order valence-corrected chi connectivity index (χ1v) is 3.09. The van der Waals surface area contributed by atoms with Crippen molar-refractivity contribution in [2.75, 3.05) is 0 Å². The maximum Gasteiger partial charge on any atom is 1.00 e. The molecule has 0 spiro atoms. The van der Waals surface area contributed by atoms with E-state index in [4.69, 9.17) is 5.11 Å². The van der Waals surface area contributed by atoms with Crippen LogP contribution >= 0.6 is 0 Å². The summed E-state index contributed by atoms with van der Waals surface area (Å²) in [5, 5.41) is 18.8. The monoisotopic (exact) mass is 191 g/mol. The molecule has 5 nitrogen and oxygen atoms in total. The van der Waals surface area contributed by atoms with Crippen LogP contribution in [0.25, 0.3) is 0 Å². The van der Waals surface area contributed by atoms with Gasteiger partial charge in [0.15, 0.2) is 0 Å². The van der Waals surface area contributed by atoms with Gasteiger partial charge in [0, 0.05) is 6.07 Å². The molecule has 0 aliphatic carbocycles. The normalized spacial score (nSPS) is 8.62. The fraction of sp³-hybridized carbons (Fsp3) is 0. The Balaban J connectivity index is 0. The minimum atomic E-state index is -1.29. The number of carbonyl (C=O) groups is 1. The zero-order chi connectivity index (χ0) is 9.14. The molecule has 0 saturated heterocycles. The molecule has 0 aromatic heterocycles. The molecule has 0 aliphatic heterocycles. The van der Waals surface area contributed by atoms with Crippen molar-refractivity contribution in [3.05, 3.63) is 39.9 Å². The maximum atomic E-state index is 10.4. The molecule has 0 bridgehead atoms. The van der Waals surface area contributed by atoms with Crippen LogP contribution in [0.5, 0.6) is 0 Å². The number of hydrogen-bond acceptors (Lipinski definition) is 3. The molecule has 0 saturated carbocycles. The summed E-state index contributed by atoms with van der Waals surface area (Å²) in [6.07, 6.45) is 0. The zero-order valence-corrected chi connectivity index (χ0v) is 8.93. The first-order valence-electron chi connectivity index (χ1n) is 3.09. The largest absolute Gasteiger partial charge is 1.00 e. The van der Waals surface area contributed by atoms with Crippen LogP contribution in [0.3, 0.4) is 0 Å². The van der Waals surface area contributed by atoms with Gasteiger partial charge in [0.1, 0.15) is 5.56 Å². The van der Waals surface area contributed by atoms with Gasteiger partial charge in [0.05, 0.1) is 4.92 Å². The molecule has 0 heterocycles. The van der Waals surface area contributed by atoms with Crippen LogP contribution in [0.2, 0.25) is 0 Å². The van der Waals surface area contributed by atoms with E-state index < -0.39 is 10.9 Å². The second-order valence-corrected chi connectivity index (χ2v) is 2.08. The number of rotatable bonds is 2. The summed E-state index contributed by atoms with van der Waals surface area (Å²) in [5.41, 5.74) is -0.674. The third-order valence-corrected chi connectivity index (χ3v) is 1.33. The molecule has 0 fully saturated rings. The Hall–Kier alpha value is -0.910. The fourth-order valence-corrected chi connectivity index (χ4v) is 0.814. The molecular formula is C7H6NNaO4. The van der Waals surface area contributed by atoms with Crippen LogP contribution in [0.4, 0.5) is 5.69 Å². The summed E-state index contributed by atoms with van der Waals surface area (Å²) in [7, 11) is 0. The van der Waals surface area contributed by atoms with E-state index in [1.807, 2.05) is 0 Å². The summed E-state index contributed by atoms with van der Waals surface area (Å²) in [6.45, 7) is 0. The number of carboxylic acid groups (broad SMARTS) is 1. The molecule has 64 valence electrons. The van der Waals surface area contributed by atoms with Crippen molar-refractivity contribution in [1.29, 1.82) is 0 Å². The molecule has 13 heavy (non-hydrogen) atoms. The molecule has 6 heteroatoms. The molecule has 0 radical (unpaired) electrons. The summed E-state index contributed by atoms with van der Waals surface area (Å²) >= 11 is 0. The minimum Gasteiger partial charge on any atom is -1.00 e. The average Bonchev–Trinajstić information content (AvgIpc) is 2.04. The molecule has 1 N–H and O–H groups in total. The third kappa shape index (κ3) is 2.80. The van der Waals surface area contributed by atoms with E-state index >= 15 is 0 Å². The molecule has 1 rings (SSSR count). The smallest absolute Gasteiger partial charge is 1.00 e. The van der Waals surface area contributed by atoms with Gasteiger partial charge in [0.2, 0.25) is 0 Å². The van der Waals surface area contributed by atoms with E-state index in [-0.39, 0.29) is 42.2 Å². The molecule has 0 unspecified atom stereocenters. The number of nitro groups is 1. The number of hydrogen-bond donors (Lipinski definition) is 1. The number of carboxylic acids is 1. The predicted molar refractivity (Wildman–Crippen MR) is 41.2 cm³/mol. The van der Waals surface area contributed by atoms with Crippen LogP contribution in [0.15, 0.2) is 24.3 Å². The van der Waals surface area contributed by atoms with E-state index in [1.54, 1.807) is 0 Å². The average molecular weight is 191 g/mol. The minimum absolute atomic E-state index is 0. The van der Waals surface area contributed by atoms with Crippen LogP contribution < -0.4 is 29.6 Å². The topological polar surface area (TPSA) is 80.4 Å². The van der Waals surface area contributed by atoms with Gasteiger partial charge in [-0.25, -0.2) is 4.79 Å². The van der Waals surface area contributed by atoms with E-state index in [2.05, 4.69) is 0 Å². The van der Waals surface area contributed by atoms with Gasteiger partial charge < -0.3 is 6.53 Å². The van der Waals surface area contributed by atoms with Crippen LogP contribution in [0, 0.1) is 10.1 Å². The third-order valence-electron chi connectivity index (χ3n) is 1.33. The molecule has 0 aliphatic rings. The Bertz CT molecular complexity index is 311. The Morgan fingerprint density at radius 2 is 2.00 bits per heavy atom. The second kappa shape index (κ2) is 4.96. The molecule has 1 aromatic carbocycles. The SMILES string of the molecule is O=C(O)c1ccccc1[N+](=O)[O-].[H-].[Na+]. The van der Waals surface area contributed by atoms with Gasteiger partial charge in [-0.15, -0.1) is 0 Å². The van der Waals surface area contributed by atoms with E-state index in [1.165, 1.54) is 18.2 Å². The van der Waals surface area contributed by atoms with Gasteiger partial charge in [-0.3, -0.25) is 10.1 Å². The summed E-state index contributed by atoms with van der Waals surface area (Å²) in [4.78, 5) is 20.0. The van der Waals surface area contributed by atoms with Gasteiger partial charge in [0.25, 0.3) is 5.69 Å². The Morgan fingerprint density at radius 3 is 2.38 bits per heavy atom. The maximum absolute atomic E-state index is 10.4. The van der Waals surface area contributed by atoms with Crippen LogP contribution in [-0.2, 0) is 0 Å². The van der Waals surface area contributed by atoms with Crippen LogP contribution in [0.1, 0.15) is 11.8 Å². The van der Waals surface area contributed by atoms with Crippen molar-refractivity contribution in [2.24, 2.45) is 0 Å². The van der Waals surface area contributed by atoms with Crippen molar-refractivity contribution in [3.8, 4) is 0 Å². The quantitative estimate of drug-likeness (QED) is 0.347. The Labute approximate surface area is 97.3 Å². The number of benzene rings is 1. The van der Waals surface area contributed by atoms with Crippen molar-refractivity contribution in [3.63, 3.8) is 0 Å². The van der Waals surface area contributed by atoms with E-state index in [0.29, 0.717) is 0 Å². The predicted octanol–water partition coefficient (Wildman–Crippen LogP) is -1.59. The Kier molecular flexibility index (Phi) is 4.61. The standard InChI is InChI=1S/C7H5NO4.Na.H/c9-7(10)5-3-1-2-4-6(5)8(11)12;;/h1-4H,(H,9,10);;/q;+1;-1. The van der Waals surface area contributed by atoms with E-state index in [9.17, 15) is 14.9 Å². The van der Waals surface area contributed by atoms with Gasteiger partial charge >= 0.3 is 35.5 Å². The van der Waals surface area contributed by atoms with Crippen molar-refractivity contribution in [1.82, 2.24) is 0 Å². The van der Waals surface area contributed by atoms with Gasteiger partial charge in [-0.2, -0.15) is 0 Å². The van der Waals surface area contributed by atoms with Crippen molar-refractivity contribution < 1.29 is 45.8 Å². The van der Waals surface area contributed by atoms with Crippen molar-refractivity contribution in [2.45, 2.75) is 0 Å². The number of para-hydroxylation sites is 1. The van der Waals surface area contributed by atoms with E-state index in [0.717, 1.165) is 6.07 Å². The molecule has 1 aromatic rings. The Morgan fingerprint density at radius 1 is 1.46 bits per heavy atom. The summed E-state index contributed by atoms with van der Waals surface area (Å²) in [5.74, 6) is -1.29. The molecular weight excluding hydrogens is 185 g/mol. The molecule has 0 amide bonds. The van der Waals surface area contributed by atoms with Crippen molar-refractivity contribution >= 4 is 11.7 Å². The van der Waals surface area contributed by atoms with Crippen LogP contribution in [-0.4, -0.2) is 16.0 Å². The number of nitro benzene ring substituents is 1. The summed E-state index contributed by atoms with van der Waals surface area (Å²) in [6, 6.07) is 5.21. The second-order valence-electron chi connectivity index (χ2n) is 2.08. The first-order chi connectivity index (χ1) is 5.63. The summed E-state index contributed by atoms with van der Waals surface area (Å²) < 4.78 is 0. The number of nitrogens with zero attached hydrogens (tertiary/aromatic N) is 1. The van der Waals surface area contributed by atoms with Gasteiger partial charge in [-0.05, 0) is 6.07 Å². The number of aromatic carboxylic acids is 1. The first kappa shape index (κ1) is 12.1. The van der Waals surface area contributed by atoms with Gasteiger partial charge in [-0.1, -0.05) is 12.1 Å².